The number of hydrogen-bond acceptors (Lipinski definition) is 1. The highest BCUT2D eigenvalue weighted by Gasteiger charge is 2.19. The Morgan fingerprint density at radius 2 is 0.962 bits per heavy atom. The van der Waals surface area contributed by atoms with E-state index in [2.05, 4.69) is 0 Å². The molecule has 0 saturated carbocycles. The number of rotatable bonds is 4. The van der Waals surface area contributed by atoms with Crippen LogP contribution in [0, 0.1) is 0 Å². The van der Waals surface area contributed by atoms with Crippen molar-refractivity contribution in [2.75, 3.05) is 0 Å². The quantitative estimate of drug-likeness (QED) is 0.132. The zero-order valence-electron chi connectivity index (χ0n) is 56.1. The molecule has 0 N–H and O–H groups in total. The van der Waals surface area contributed by atoms with Gasteiger partial charge in [-0.3, -0.25) is 0 Å². The van der Waals surface area contributed by atoms with Gasteiger partial charge in [0.05, 0.1) is 41.1 Å². The van der Waals surface area contributed by atoms with Crippen molar-refractivity contribution >= 4 is 75.8 Å². The second kappa shape index (κ2) is 11.4. The van der Waals surface area contributed by atoms with E-state index in [0.717, 1.165) is 0 Å². The Morgan fingerprint density at radius 3 is 1.69 bits per heavy atom. The Morgan fingerprint density at radius 1 is 0.385 bits per heavy atom. The lowest BCUT2D eigenvalue weighted by atomic mass is 9.85. The van der Waals surface area contributed by atoms with Gasteiger partial charge in [0.25, 0.3) is 0 Å². The molecule has 11 aromatic rings. The maximum atomic E-state index is 9.89. The highest BCUT2D eigenvalue weighted by Crippen LogP contribution is 2.43. The zero-order chi connectivity index (χ0) is 60.3. The molecule has 1 heteroatoms. The molecule has 0 aliphatic carbocycles. The Bertz CT molecular complexity index is 4840. The van der Waals surface area contributed by atoms with Crippen molar-refractivity contribution in [1.29, 1.82) is 0 Å². The summed E-state index contributed by atoms with van der Waals surface area (Å²) in [4.78, 5) is 0. The van der Waals surface area contributed by atoms with Crippen LogP contribution in [-0.2, 0) is 6.42 Å². The summed E-state index contributed by atoms with van der Waals surface area (Å²) < 4.78 is 277. The molecule has 0 radical (unpaired) electrons. The van der Waals surface area contributed by atoms with Crippen molar-refractivity contribution in [2.24, 2.45) is 0 Å². The molecule has 0 aliphatic heterocycles. The van der Waals surface area contributed by atoms with Crippen molar-refractivity contribution in [3.63, 3.8) is 0 Å². The summed E-state index contributed by atoms with van der Waals surface area (Å²) in [5.74, 6) is 0. The number of benzene rings is 10. The first-order valence-electron chi connectivity index (χ1n) is 30.6. The summed E-state index contributed by atoms with van der Waals surface area (Å²) in [5, 5.41) is -6.70. The third-order valence-electron chi connectivity index (χ3n) is 8.85. The molecule has 1 nitrogen and oxygen atoms in total. The molecule has 0 bridgehead atoms. The van der Waals surface area contributed by atoms with E-state index in [9.17, 15) is 17.8 Å². The fourth-order valence-corrected chi connectivity index (χ4v) is 6.59. The Hall–Kier alpha value is -6.70. The predicted octanol–water partition coefficient (Wildman–Crippen LogP) is 14.3. The van der Waals surface area contributed by atoms with Gasteiger partial charge in [0.15, 0.2) is 0 Å². The SMILES string of the molecule is [2H]c1c([2H])c([2H])c(-c2c([2H])c([2H])c3c(c2[2H])c([2H])c([2H])c2c([2H])c(-c4c5c([2H])c([2H])c([2H])c([2H])c5c(Cc5c([2H])c([2H])c([2H])c6oc7c8c([2H])c([2H])c([2H])c([2H])c8c([2H])c([2H])c7c56)c5c([2H])c([2H])c([2H])c([2H])c45)c([2H])c([2H])c23)c([2H])c1[2H]. The molecule has 0 aliphatic rings. The first-order valence-corrected chi connectivity index (χ1v) is 15.6. The van der Waals surface area contributed by atoms with Gasteiger partial charge in [-0.1, -0.05) is 157 Å². The van der Waals surface area contributed by atoms with Gasteiger partial charge in [-0.05, 0) is 112 Å². The monoisotopic (exact) mass is 690 g/mol. The van der Waals surface area contributed by atoms with E-state index < -0.39 is 286 Å². The van der Waals surface area contributed by atoms with Gasteiger partial charge >= 0.3 is 0 Å². The summed E-state index contributed by atoms with van der Waals surface area (Å²) in [6.07, 6.45) is -0.888. The third kappa shape index (κ3) is 4.43. The van der Waals surface area contributed by atoms with Gasteiger partial charge in [0.1, 0.15) is 11.2 Å². The Kier molecular flexibility index (Phi) is 2.68. The third-order valence-corrected chi connectivity index (χ3v) is 8.85. The first-order chi connectivity index (χ1) is 38.3. The minimum absolute atomic E-state index is 0.349. The number of fused-ring (bicyclic) bond motifs is 10. The smallest absolute Gasteiger partial charge is 0.143 e. The average Bonchev–Trinajstić information content (AvgIpc) is 1.07. The van der Waals surface area contributed by atoms with E-state index in [4.69, 9.17) is 27.7 Å². The van der Waals surface area contributed by atoms with Gasteiger partial charge < -0.3 is 4.42 Å². The van der Waals surface area contributed by atoms with Gasteiger partial charge in [-0.25, -0.2) is 0 Å². The second-order valence-corrected chi connectivity index (χ2v) is 11.6. The van der Waals surface area contributed by atoms with E-state index in [1.54, 1.807) is 0 Å². The summed E-state index contributed by atoms with van der Waals surface area (Å²) >= 11 is 0. The molecule has 1 heterocycles. The van der Waals surface area contributed by atoms with Crippen LogP contribution in [0.5, 0.6) is 0 Å². The molecule has 0 fully saturated rings. The van der Waals surface area contributed by atoms with Crippen LogP contribution in [0.2, 0.25) is 0 Å². The zero-order valence-corrected chi connectivity index (χ0v) is 26.1. The Labute approximate surface area is 343 Å². The molecular formula is C51H32O. The molecule has 52 heavy (non-hydrogen) atoms. The van der Waals surface area contributed by atoms with Gasteiger partial charge in [0, 0.05) is 16.2 Å². The van der Waals surface area contributed by atoms with E-state index in [1.807, 2.05) is 0 Å². The Balaban J connectivity index is 1.33. The minimum atomic E-state index is -1.04. The van der Waals surface area contributed by atoms with Crippen LogP contribution in [0.15, 0.2) is 186 Å². The van der Waals surface area contributed by atoms with Gasteiger partial charge in [-0.2, -0.15) is 0 Å². The normalized spacial score (nSPS) is 20.0. The van der Waals surface area contributed by atoms with Crippen molar-refractivity contribution in [1.82, 2.24) is 0 Å². The van der Waals surface area contributed by atoms with Gasteiger partial charge in [0.2, 0.25) is 0 Å². The van der Waals surface area contributed by atoms with E-state index in [1.165, 1.54) is 0 Å². The molecule has 0 spiro atoms. The molecule has 10 aromatic carbocycles. The standard InChI is InChI=1S/C51H32O/c1-2-11-32(12-3-1)34-24-26-39-35(29-34)21-22-36-30-38(25-27-40(36)39)49-44-18-8-6-16-42(44)47(43-17-7-9-19-45(43)49)31-37-14-10-20-48-50(37)46-28-23-33-13-4-5-15-41(33)51(46)52-48/h1-30H,31H2/i1D,2D,3D,4D,5D,6D,7D,8D,9D,10D,11D,12D,13D,14D,15D,16D,17D,18D,19D,20D,21D,22D,23D,24D,25D,26D,27D,28D,29D,30D. The van der Waals surface area contributed by atoms with Crippen LogP contribution < -0.4 is 0 Å². The second-order valence-electron chi connectivity index (χ2n) is 11.6. The number of hydrogen-bond donors (Lipinski definition) is 0. The lowest BCUT2D eigenvalue weighted by Gasteiger charge is -2.18. The maximum Gasteiger partial charge on any atom is 0.143 e. The van der Waals surface area contributed by atoms with Crippen LogP contribution in [-0.4, -0.2) is 0 Å². The maximum absolute atomic E-state index is 9.89. The number of furan rings is 1. The molecule has 0 amide bonds. The fraction of sp³-hybridized carbons (Fsp3) is 0.0196. The molecule has 11 rings (SSSR count). The molecular weight excluding hydrogens is 629 g/mol. The van der Waals surface area contributed by atoms with E-state index in [0.29, 0.717) is 0 Å². The molecule has 0 atom stereocenters. The first kappa shape index (κ1) is 12.2. The van der Waals surface area contributed by atoms with Crippen molar-refractivity contribution in [3.8, 4) is 22.3 Å². The largest absolute Gasteiger partial charge is 0.455 e. The lowest BCUT2D eigenvalue weighted by molar-refractivity contribution is 0.672. The van der Waals surface area contributed by atoms with E-state index >= 15 is 0 Å². The summed E-state index contributed by atoms with van der Waals surface area (Å²) in [6, 6.07) is -26.2. The van der Waals surface area contributed by atoms with E-state index in [-0.39, 0.29) is 10.8 Å². The summed E-state index contributed by atoms with van der Waals surface area (Å²) in [7, 11) is 0. The van der Waals surface area contributed by atoms with Crippen LogP contribution in [0.25, 0.3) is 98.1 Å². The molecule has 0 saturated heterocycles. The predicted molar refractivity (Wildman–Crippen MR) is 221 cm³/mol. The fourth-order valence-electron chi connectivity index (χ4n) is 6.59. The minimum Gasteiger partial charge on any atom is -0.455 e. The van der Waals surface area contributed by atoms with Crippen molar-refractivity contribution < 1.29 is 45.5 Å². The summed E-state index contributed by atoms with van der Waals surface area (Å²) in [5.41, 5.74) is -4.71. The molecule has 1 aromatic heterocycles. The topological polar surface area (TPSA) is 13.1 Å². The van der Waals surface area contributed by atoms with Gasteiger partial charge in [-0.15, -0.1) is 0 Å². The summed E-state index contributed by atoms with van der Waals surface area (Å²) in [6.45, 7) is 0. The van der Waals surface area contributed by atoms with Crippen LogP contribution >= 0.6 is 0 Å². The van der Waals surface area contributed by atoms with Crippen LogP contribution in [0.3, 0.4) is 0 Å². The van der Waals surface area contributed by atoms with Crippen molar-refractivity contribution in [3.05, 3.63) is 192 Å². The van der Waals surface area contributed by atoms with Crippen LogP contribution in [0.4, 0.5) is 0 Å². The highest BCUT2D eigenvalue weighted by molar-refractivity contribution is 6.19. The van der Waals surface area contributed by atoms with Crippen molar-refractivity contribution in [2.45, 2.75) is 6.42 Å². The molecule has 242 valence electrons. The molecule has 0 unspecified atom stereocenters. The lowest BCUT2D eigenvalue weighted by Crippen LogP contribution is -1.96. The van der Waals surface area contributed by atoms with Crippen LogP contribution in [0.1, 0.15) is 52.2 Å². The highest BCUT2D eigenvalue weighted by atomic mass is 16.3. The average molecular weight is 691 g/mol.